The number of hydrogen-bond acceptors (Lipinski definition) is 3. The first-order valence-electron chi connectivity index (χ1n) is 6.99. The second kappa shape index (κ2) is 7.67. The van der Waals surface area contributed by atoms with Crippen molar-refractivity contribution in [1.82, 2.24) is 4.90 Å². The van der Waals surface area contributed by atoms with Crippen LogP contribution in [0.25, 0.3) is 0 Å². The maximum atomic E-state index is 12.4. The standard InChI is InChI=1S/C15H21F2NO3S/c1-11(2)8-9-18(3)14(19)10-12-4-6-13(7-5-12)22(20,21)15(16)17/h4-7,11,15H,8-10H2,1-3H3. The Morgan fingerprint density at radius 1 is 1.18 bits per heavy atom. The molecule has 7 heteroatoms. The summed E-state index contributed by atoms with van der Waals surface area (Å²) < 4.78 is 47.4. The van der Waals surface area contributed by atoms with Crippen molar-refractivity contribution in [2.24, 2.45) is 5.92 Å². The first kappa shape index (κ1) is 18.5. The van der Waals surface area contributed by atoms with Crippen LogP contribution in [0.4, 0.5) is 8.78 Å². The Hall–Kier alpha value is -1.50. The van der Waals surface area contributed by atoms with Crippen LogP contribution in [0.5, 0.6) is 0 Å². The fraction of sp³-hybridized carbons (Fsp3) is 0.533. The first-order valence-corrected chi connectivity index (χ1v) is 8.54. The number of amides is 1. The maximum absolute atomic E-state index is 12.4. The highest BCUT2D eigenvalue weighted by atomic mass is 32.2. The van der Waals surface area contributed by atoms with Crippen LogP contribution in [0.3, 0.4) is 0 Å². The summed E-state index contributed by atoms with van der Waals surface area (Å²) in [7, 11) is -2.88. The molecule has 0 N–H and O–H groups in total. The number of alkyl halides is 2. The molecule has 0 aliphatic carbocycles. The molecule has 0 saturated heterocycles. The van der Waals surface area contributed by atoms with Crippen LogP contribution in [0, 0.1) is 5.92 Å². The van der Waals surface area contributed by atoms with Gasteiger partial charge in [0.1, 0.15) is 0 Å². The molecule has 0 radical (unpaired) electrons. The third kappa shape index (κ3) is 5.05. The lowest BCUT2D eigenvalue weighted by molar-refractivity contribution is -0.129. The van der Waals surface area contributed by atoms with Gasteiger partial charge in [0.15, 0.2) is 0 Å². The van der Waals surface area contributed by atoms with Gasteiger partial charge in [-0.2, -0.15) is 8.78 Å². The highest BCUT2D eigenvalue weighted by molar-refractivity contribution is 7.91. The molecule has 0 spiro atoms. The summed E-state index contributed by atoms with van der Waals surface area (Å²) >= 11 is 0. The van der Waals surface area contributed by atoms with Crippen molar-refractivity contribution in [3.05, 3.63) is 29.8 Å². The van der Waals surface area contributed by atoms with E-state index in [9.17, 15) is 22.0 Å². The number of likely N-dealkylation sites (N-methyl/N-ethyl adjacent to an activating group) is 1. The van der Waals surface area contributed by atoms with Crippen molar-refractivity contribution in [3.63, 3.8) is 0 Å². The molecule has 0 aliphatic heterocycles. The average Bonchev–Trinajstić information content (AvgIpc) is 2.44. The molecule has 1 aromatic rings. The SMILES string of the molecule is CC(C)CCN(C)C(=O)Cc1ccc(S(=O)(=O)C(F)F)cc1. The predicted molar refractivity (Wildman–Crippen MR) is 80.4 cm³/mol. The Morgan fingerprint density at radius 2 is 1.73 bits per heavy atom. The maximum Gasteiger partial charge on any atom is 0.341 e. The molecule has 22 heavy (non-hydrogen) atoms. The second-order valence-corrected chi connectivity index (χ2v) is 7.54. The number of nitrogens with zero attached hydrogens (tertiary/aromatic N) is 1. The molecule has 1 amide bonds. The second-order valence-electron chi connectivity index (χ2n) is 5.62. The van der Waals surface area contributed by atoms with E-state index in [1.54, 1.807) is 11.9 Å². The van der Waals surface area contributed by atoms with Crippen LogP contribution < -0.4 is 0 Å². The van der Waals surface area contributed by atoms with Gasteiger partial charge in [0.05, 0.1) is 11.3 Å². The molecule has 0 heterocycles. The van der Waals surface area contributed by atoms with Gasteiger partial charge in [0.25, 0.3) is 0 Å². The van der Waals surface area contributed by atoms with Gasteiger partial charge in [-0.1, -0.05) is 26.0 Å². The molecular weight excluding hydrogens is 312 g/mol. The Morgan fingerprint density at radius 3 is 2.18 bits per heavy atom. The van der Waals surface area contributed by atoms with Crippen LogP contribution >= 0.6 is 0 Å². The third-order valence-corrected chi connectivity index (χ3v) is 4.71. The van der Waals surface area contributed by atoms with Gasteiger partial charge in [-0.15, -0.1) is 0 Å². The van der Waals surface area contributed by atoms with Crippen LogP contribution in [0.2, 0.25) is 0 Å². The highest BCUT2D eigenvalue weighted by Crippen LogP contribution is 2.19. The molecule has 0 bridgehead atoms. The van der Waals surface area contributed by atoms with Crippen LogP contribution in [0.15, 0.2) is 29.2 Å². The van der Waals surface area contributed by atoms with E-state index in [1.807, 2.05) is 0 Å². The lowest BCUT2D eigenvalue weighted by atomic mass is 10.1. The molecule has 124 valence electrons. The molecule has 0 aliphatic rings. The van der Waals surface area contributed by atoms with E-state index in [1.165, 1.54) is 12.1 Å². The van der Waals surface area contributed by atoms with E-state index in [0.717, 1.165) is 18.6 Å². The number of rotatable bonds is 7. The summed E-state index contributed by atoms with van der Waals surface area (Å²) in [6.07, 6.45) is 1.01. The van der Waals surface area contributed by atoms with E-state index >= 15 is 0 Å². The Kier molecular flexibility index (Phi) is 6.47. The fourth-order valence-electron chi connectivity index (χ4n) is 1.79. The summed E-state index contributed by atoms with van der Waals surface area (Å²) in [5, 5.41) is 0. The molecule has 4 nitrogen and oxygen atoms in total. The molecule has 0 unspecified atom stereocenters. The average molecular weight is 333 g/mol. The van der Waals surface area contributed by atoms with Gasteiger partial charge < -0.3 is 4.90 Å². The van der Waals surface area contributed by atoms with Crippen LogP contribution in [-0.4, -0.2) is 38.6 Å². The van der Waals surface area contributed by atoms with E-state index in [2.05, 4.69) is 13.8 Å². The highest BCUT2D eigenvalue weighted by Gasteiger charge is 2.26. The predicted octanol–water partition coefficient (Wildman–Crippen LogP) is 2.73. The van der Waals surface area contributed by atoms with E-state index < -0.39 is 20.5 Å². The monoisotopic (exact) mass is 333 g/mol. The van der Waals surface area contributed by atoms with Gasteiger partial charge in [-0.25, -0.2) is 8.42 Å². The van der Waals surface area contributed by atoms with Crippen molar-refractivity contribution in [1.29, 1.82) is 0 Å². The number of carbonyl (C=O) groups is 1. The van der Waals surface area contributed by atoms with Gasteiger partial charge in [0.2, 0.25) is 15.7 Å². The van der Waals surface area contributed by atoms with Gasteiger partial charge in [0, 0.05) is 13.6 Å². The number of halogens is 2. The van der Waals surface area contributed by atoms with E-state index in [0.29, 0.717) is 18.0 Å². The molecule has 0 atom stereocenters. The lowest BCUT2D eigenvalue weighted by Crippen LogP contribution is -2.29. The molecule has 0 fully saturated rings. The fourth-order valence-corrected chi connectivity index (χ4v) is 2.51. The zero-order valence-corrected chi connectivity index (χ0v) is 13.7. The smallest absolute Gasteiger partial charge is 0.341 e. The topological polar surface area (TPSA) is 54.5 Å². The summed E-state index contributed by atoms with van der Waals surface area (Å²) in [6, 6.07) is 5.00. The van der Waals surface area contributed by atoms with Crippen LogP contribution in [-0.2, 0) is 21.1 Å². The van der Waals surface area contributed by atoms with Gasteiger partial charge in [-0.3, -0.25) is 4.79 Å². The number of carbonyl (C=O) groups excluding carboxylic acids is 1. The third-order valence-electron chi connectivity index (χ3n) is 3.31. The Balaban J connectivity index is 2.70. The van der Waals surface area contributed by atoms with Crippen molar-refractivity contribution in [2.75, 3.05) is 13.6 Å². The first-order chi connectivity index (χ1) is 10.1. The number of benzene rings is 1. The van der Waals surface area contributed by atoms with E-state index in [4.69, 9.17) is 0 Å². The van der Waals surface area contributed by atoms with Crippen LogP contribution in [0.1, 0.15) is 25.8 Å². The summed E-state index contributed by atoms with van der Waals surface area (Å²) in [4.78, 5) is 13.2. The Labute approximate surface area is 130 Å². The molecule has 1 aromatic carbocycles. The van der Waals surface area contributed by atoms with Crippen molar-refractivity contribution < 1.29 is 22.0 Å². The van der Waals surface area contributed by atoms with Crippen molar-refractivity contribution in [3.8, 4) is 0 Å². The minimum atomic E-state index is -4.59. The molecule has 1 rings (SSSR count). The minimum absolute atomic E-state index is 0.0925. The van der Waals surface area contributed by atoms with Gasteiger partial charge >= 0.3 is 5.76 Å². The number of sulfone groups is 1. The largest absolute Gasteiger partial charge is 0.345 e. The minimum Gasteiger partial charge on any atom is -0.345 e. The summed E-state index contributed by atoms with van der Waals surface area (Å²) in [5.74, 6) is -3.04. The number of hydrogen-bond donors (Lipinski definition) is 0. The molecular formula is C15H21F2NO3S. The van der Waals surface area contributed by atoms with Crippen molar-refractivity contribution >= 4 is 15.7 Å². The quantitative estimate of drug-likeness (QED) is 0.771. The molecule has 0 saturated carbocycles. The van der Waals surface area contributed by atoms with Gasteiger partial charge in [-0.05, 0) is 30.0 Å². The Bertz CT molecular complexity index is 598. The zero-order valence-electron chi connectivity index (χ0n) is 12.9. The summed E-state index contributed by atoms with van der Waals surface area (Å²) in [6.45, 7) is 4.79. The van der Waals surface area contributed by atoms with E-state index in [-0.39, 0.29) is 12.3 Å². The lowest BCUT2D eigenvalue weighted by Gasteiger charge is -2.18. The zero-order chi connectivity index (χ0) is 16.9. The summed E-state index contributed by atoms with van der Waals surface area (Å²) in [5.41, 5.74) is 0.592. The molecule has 0 aromatic heterocycles. The van der Waals surface area contributed by atoms with Crippen molar-refractivity contribution in [2.45, 2.75) is 37.3 Å². The normalized spacial score (nSPS) is 12.0.